The fourth-order valence-corrected chi connectivity index (χ4v) is 7.80. The number of anilines is 3. The maximum Gasteiger partial charge on any atom is 0.143 e. The first-order chi connectivity index (χ1) is 25.8. The second kappa shape index (κ2) is 12.5. The van der Waals surface area contributed by atoms with Gasteiger partial charge in [-0.2, -0.15) is 0 Å². The minimum absolute atomic E-state index is 0.865. The van der Waals surface area contributed by atoms with Gasteiger partial charge in [0.25, 0.3) is 0 Å². The van der Waals surface area contributed by atoms with Crippen LogP contribution in [-0.4, -0.2) is 0 Å². The number of para-hydroxylation sites is 1. The molecule has 0 atom stereocenters. The average Bonchev–Trinajstić information content (AvgIpc) is 3.62. The lowest BCUT2D eigenvalue weighted by molar-refractivity contribution is 0.673. The molecule has 0 bridgehead atoms. The normalized spacial score (nSPS) is 11.5. The minimum atomic E-state index is 0.865. The average molecular weight is 664 g/mol. The highest BCUT2D eigenvalue weighted by molar-refractivity contribution is 6.32. The van der Waals surface area contributed by atoms with E-state index in [1.54, 1.807) is 0 Å². The topological polar surface area (TPSA) is 16.4 Å². The van der Waals surface area contributed by atoms with Crippen LogP contribution in [-0.2, 0) is 0 Å². The van der Waals surface area contributed by atoms with Gasteiger partial charge in [0.15, 0.2) is 0 Å². The van der Waals surface area contributed by atoms with Gasteiger partial charge in [-0.3, -0.25) is 0 Å². The van der Waals surface area contributed by atoms with Crippen molar-refractivity contribution in [1.29, 1.82) is 0 Å². The molecule has 0 aliphatic heterocycles. The predicted octanol–water partition coefficient (Wildman–Crippen LogP) is 14.4. The van der Waals surface area contributed by atoms with Crippen molar-refractivity contribution < 1.29 is 4.42 Å². The summed E-state index contributed by atoms with van der Waals surface area (Å²) in [5.74, 6) is 0. The number of furan rings is 1. The molecule has 1 heterocycles. The lowest BCUT2D eigenvalue weighted by atomic mass is 9.93. The SMILES string of the molecule is c1ccc(-c2ccc(-c3ccc(N(c4ccccc4)c4cc(-c5ccccc5)c5c(c4)oc4c6ccccc6c6ccccc6c45)cc3)cc2)cc1. The maximum atomic E-state index is 6.99. The zero-order valence-electron chi connectivity index (χ0n) is 28.4. The standard InChI is InChI=1S/C50H33NO/c1-4-14-34(15-5-1)35-24-26-36(27-25-35)37-28-30-40(31-29-37)51(39-18-8-3-9-19-39)41-32-46(38-16-6-2-7-17-38)48-47(33-41)52-50-45-23-13-11-21-43(45)42-20-10-12-22-44(42)49(48)50/h1-33H. The van der Waals surface area contributed by atoms with Crippen molar-refractivity contribution in [1.82, 2.24) is 0 Å². The van der Waals surface area contributed by atoms with E-state index >= 15 is 0 Å². The van der Waals surface area contributed by atoms with Crippen LogP contribution in [0.15, 0.2) is 205 Å². The number of nitrogens with zero attached hydrogens (tertiary/aromatic N) is 1. The molecular weight excluding hydrogens is 631 g/mol. The van der Waals surface area contributed by atoms with E-state index in [0.29, 0.717) is 0 Å². The van der Waals surface area contributed by atoms with Crippen molar-refractivity contribution in [2.75, 3.05) is 4.90 Å². The summed E-state index contributed by atoms with van der Waals surface area (Å²) in [7, 11) is 0. The number of benzene rings is 9. The molecule has 0 fully saturated rings. The highest BCUT2D eigenvalue weighted by Gasteiger charge is 2.22. The third-order valence-electron chi connectivity index (χ3n) is 10.2. The summed E-state index contributed by atoms with van der Waals surface area (Å²) in [6.07, 6.45) is 0. The Hall–Kier alpha value is -6.90. The molecule has 10 aromatic rings. The van der Waals surface area contributed by atoms with E-state index in [1.807, 2.05) is 0 Å². The fourth-order valence-electron chi connectivity index (χ4n) is 7.80. The first-order valence-electron chi connectivity index (χ1n) is 17.8. The van der Waals surface area contributed by atoms with Gasteiger partial charge in [0.2, 0.25) is 0 Å². The third-order valence-corrected chi connectivity index (χ3v) is 10.2. The molecule has 0 unspecified atom stereocenters. The summed E-state index contributed by atoms with van der Waals surface area (Å²) < 4.78 is 6.99. The quantitative estimate of drug-likeness (QED) is 0.165. The zero-order valence-corrected chi connectivity index (χ0v) is 28.4. The van der Waals surface area contributed by atoms with Gasteiger partial charge >= 0.3 is 0 Å². The lowest BCUT2D eigenvalue weighted by Gasteiger charge is -2.26. The minimum Gasteiger partial charge on any atom is -0.455 e. The summed E-state index contributed by atoms with van der Waals surface area (Å²) in [6, 6.07) is 71.4. The monoisotopic (exact) mass is 663 g/mol. The van der Waals surface area contributed by atoms with Gasteiger partial charge < -0.3 is 9.32 Å². The number of hydrogen-bond acceptors (Lipinski definition) is 2. The summed E-state index contributed by atoms with van der Waals surface area (Å²) in [4.78, 5) is 2.33. The predicted molar refractivity (Wildman–Crippen MR) is 220 cm³/mol. The molecule has 9 aromatic carbocycles. The van der Waals surface area contributed by atoms with Crippen LogP contribution in [0, 0.1) is 0 Å². The van der Waals surface area contributed by atoms with Gasteiger partial charge in [0.05, 0.1) is 5.69 Å². The molecule has 0 N–H and O–H groups in total. The van der Waals surface area contributed by atoms with Crippen LogP contribution in [0.3, 0.4) is 0 Å². The number of hydrogen-bond donors (Lipinski definition) is 0. The second-order valence-electron chi connectivity index (χ2n) is 13.3. The van der Waals surface area contributed by atoms with Gasteiger partial charge in [-0.05, 0) is 79.9 Å². The highest BCUT2D eigenvalue weighted by atomic mass is 16.3. The molecule has 0 aliphatic rings. The molecule has 0 saturated heterocycles. The van der Waals surface area contributed by atoms with Crippen LogP contribution < -0.4 is 4.90 Å². The Bertz CT molecular complexity index is 2860. The molecule has 0 spiro atoms. The molecular formula is C50H33NO. The van der Waals surface area contributed by atoms with Crippen LogP contribution in [0.4, 0.5) is 17.1 Å². The first kappa shape index (κ1) is 30.0. The van der Waals surface area contributed by atoms with Gasteiger partial charge in [-0.15, -0.1) is 0 Å². The summed E-state index contributed by atoms with van der Waals surface area (Å²) in [6.45, 7) is 0. The van der Waals surface area contributed by atoms with Crippen molar-refractivity contribution >= 4 is 60.5 Å². The van der Waals surface area contributed by atoms with Crippen LogP contribution in [0.5, 0.6) is 0 Å². The molecule has 244 valence electrons. The summed E-state index contributed by atoms with van der Waals surface area (Å²) >= 11 is 0. The smallest absolute Gasteiger partial charge is 0.143 e. The molecule has 10 rings (SSSR count). The van der Waals surface area contributed by atoms with Crippen LogP contribution in [0.25, 0.3) is 76.9 Å². The maximum absolute atomic E-state index is 6.99. The van der Waals surface area contributed by atoms with Gasteiger partial charge in [0.1, 0.15) is 11.2 Å². The Labute approximate surface area is 302 Å². The zero-order chi connectivity index (χ0) is 34.4. The molecule has 1 aromatic heterocycles. The van der Waals surface area contributed by atoms with E-state index in [9.17, 15) is 0 Å². The fraction of sp³-hybridized carbons (Fsp3) is 0. The van der Waals surface area contributed by atoms with Crippen molar-refractivity contribution in [3.8, 4) is 33.4 Å². The van der Waals surface area contributed by atoms with Gasteiger partial charge in [-0.25, -0.2) is 0 Å². The Morgan fingerprint density at radius 3 is 1.37 bits per heavy atom. The number of rotatable bonds is 6. The Balaban J connectivity index is 1.17. The number of fused-ring (bicyclic) bond motifs is 8. The van der Waals surface area contributed by atoms with E-state index < -0.39 is 0 Å². The Morgan fingerprint density at radius 1 is 0.308 bits per heavy atom. The highest BCUT2D eigenvalue weighted by Crippen LogP contribution is 2.47. The summed E-state index contributed by atoms with van der Waals surface area (Å²) in [5.41, 5.74) is 12.1. The van der Waals surface area contributed by atoms with Crippen LogP contribution in [0.1, 0.15) is 0 Å². The lowest BCUT2D eigenvalue weighted by Crippen LogP contribution is -2.10. The largest absolute Gasteiger partial charge is 0.455 e. The third kappa shape index (κ3) is 5.04. The van der Waals surface area contributed by atoms with Gasteiger partial charge in [0, 0.05) is 33.6 Å². The Morgan fingerprint density at radius 2 is 0.750 bits per heavy atom. The molecule has 2 heteroatoms. The molecule has 52 heavy (non-hydrogen) atoms. The van der Waals surface area contributed by atoms with Crippen LogP contribution in [0.2, 0.25) is 0 Å². The van der Waals surface area contributed by atoms with Crippen molar-refractivity contribution in [3.05, 3.63) is 200 Å². The van der Waals surface area contributed by atoms with Crippen molar-refractivity contribution in [2.24, 2.45) is 0 Å². The van der Waals surface area contributed by atoms with E-state index in [0.717, 1.165) is 55.5 Å². The second-order valence-corrected chi connectivity index (χ2v) is 13.3. The molecule has 0 saturated carbocycles. The molecule has 0 aliphatic carbocycles. The van der Waals surface area contributed by atoms with E-state index in [1.165, 1.54) is 38.4 Å². The summed E-state index contributed by atoms with van der Waals surface area (Å²) in [5, 5.41) is 7.05. The van der Waals surface area contributed by atoms with Crippen molar-refractivity contribution in [3.63, 3.8) is 0 Å². The van der Waals surface area contributed by atoms with Gasteiger partial charge in [-0.1, -0.05) is 164 Å². The molecule has 2 nitrogen and oxygen atoms in total. The first-order valence-corrected chi connectivity index (χ1v) is 17.8. The van der Waals surface area contributed by atoms with Crippen molar-refractivity contribution in [2.45, 2.75) is 0 Å². The van der Waals surface area contributed by atoms with Crippen LogP contribution >= 0.6 is 0 Å². The van der Waals surface area contributed by atoms with E-state index in [4.69, 9.17) is 4.42 Å². The Kier molecular flexibility index (Phi) is 7.18. The molecule has 0 radical (unpaired) electrons. The van der Waals surface area contributed by atoms with E-state index in [-0.39, 0.29) is 0 Å². The molecule has 0 amide bonds. The van der Waals surface area contributed by atoms with E-state index in [2.05, 4.69) is 205 Å².